The highest BCUT2D eigenvalue weighted by Crippen LogP contribution is 2.36. The molecule has 2 saturated heterocycles. The van der Waals surface area contributed by atoms with Gasteiger partial charge in [0.1, 0.15) is 6.61 Å². The Hall–Kier alpha value is -3.53. The van der Waals surface area contributed by atoms with Crippen molar-refractivity contribution >= 4 is 5.91 Å². The van der Waals surface area contributed by atoms with Gasteiger partial charge in [0, 0.05) is 62.8 Å². The standard InChI is InChI=1S/C30H37N5O4/c1-21-25(29(38-2)32-30(31-21)39-3)18-33-16-24-17-34(27(37)20-36)14-15-35(24)26(19-33)28(22-10-6-4-7-11-22)23-12-8-5-9-13-23/h4-13,24,26,28,36H,14-20H2,1-3H3/t24-,26+/m1/s1. The molecule has 0 saturated carbocycles. The van der Waals surface area contributed by atoms with E-state index >= 15 is 0 Å². The summed E-state index contributed by atoms with van der Waals surface area (Å²) in [7, 11) is 3.17. The molecule has 2 fully saturated rings. The number of benzene rings is 2. The van der Waals surface area contributed by atoms with Crippen LogP contribution in [0, 0.1) is 6.92 Å². The van der Waals surface area contributed by atoms with E-state index in [2.05, 4.69) is 80.4 Å². The van der Waals surface area contributed by atoms with Crippen molar-refractivity contribution in [3.05, 3.63) is 83.0 Å². The van der Waals surface area contributed by atoms with E-state index in [4.69, 9.17) is 9.47 Å². The van der Waals surface area contributed by atoms with E-state index < -0.39 is 6.61 Å². The number of aromatic nitrogens is 2. The number of piperazine rings is 2. The summed E-state index contributed by atoms with van der Waals surface area (Å²) < 4.78 is 10.9. The van der Waals surface area contributed by atoms with Crippen molar-refractivity contribution < 1.29 is 19.4 Å². The Labute approximate surface area is 230 Å². The number of methoxy groups -OCH3 is 2. The Bertz CT molecular complexity index is 1220. The number of hydrogen-bond donors (Lipinski definition) is 1. The molecule has 2 aliphatic heterocycles. The number of carbonyl (C=O) groups excluding carboxylic acids is 1. The zero-order chi connectivity index (χ0) is 27.4. The van der Waals surface area contributed by atoms with Gasteiger partial charge >= 0.3 is 6.01 Å². The fourth-order valence-corrected chi connectivity index (χ4v) is 6.13. The van der Waals surface area contributed by atoms with Gasteiger partial charge in [-0.25, -0.2) is 0 Å². The number of carbonyl (C=O) groups is 1. The number of aliphatic hydroxyl groups excluding tert-OH is 1. The topological polar surface area (TPSA) is 91.3 Å². The SMILES string of the molecule is COc1nc(C)c(CN2C[C@@H]3CN(C(=O)CO)CCN3[C@H](C(c3ccccc3)c3ccccc3)C2)c(OC)n1. The van der Waals surface area contributed by atoms with Crippen LogP contribution >= 0.6 is 0 Å². The van der Waals surface area contributed by atoms with Gasteiger partial charge in [-0.3, -0.25) is 14.6 Å². The van der Waals surface area contributed by atoms with Crippen LogP contribution in [0.1, 0.15) is 28.3 Å². The minimum atomic E-state index is -0.462. The number of ether oxygens (including phenoxy) is 2. The molecule has 9 nitrogen and oxygen atoms in total. The van der Waals surface area contributed by atoms with Crippen LogP contribution in [0.2, 0.25) is 0 Å². The fraction of sp³-hybridized carbons (Fsp3) is 0.433. The third-order valence-corrected chi connectivity index (χ3v) is 7.97. The molecular formula is C30H37N5O4. The van der Waals surface area contributed by atoms with Crippen LogP contribution in [0.25, 0.3) is 0 Å². The van der Waals surface area contributed by atoms with E-state index in [1.807, 2.05) is 6.92 Å². The minimum absolute atomic E-state index is 0.119. The van der Waals surface area contributed by atoms with Crippen LogP contribution in [-0.4, -0.2) is 101 Å². The molecule has 0 unspecified atom stereocenters. The van der Waals surface area contributed by atoms with E-state index in [-0.39, 0.29) is 29.9 Å². The summed E-state index contributed by atoms with van der Waals surface area (Å²) >= 11 is 0. The van der Waals surface area contributed by atoms with Crippen molar-refractivity contribution in [3.8, 4) is 11.9 Å². The Morgan fingerprint density at radius 2 is 1.62 bits per heavy atom. The molecule has 1 aromatic heterocycles. The van der Waals surface area contributed by atoms with Gasteiger partial charge < -0.3 is 19.5 Å². The highest BCUT2D eigenvalue weighted by molar-refractivity contribution is 5.77. The first-order valence-corrected chi connectivity index (χ1v) is 13.4. The number of amides is 1. The smallest absolute Gasteiger partial charge is 0.319 e. The summed E-state index contributed by atoms with van der Waals surface area (Å²) in [6, 6.07) is 21.9. The normalized spacial score (nSPS) is 20.1. The molecule has 9 heteroatoms. The maximum Gasteiger partial charge on any atom is 0.319 e. The van der Waals surface area contributed by atoms with Crippen molar-refractivity contribution in [3.63, 3.8) is 0 Å². The average molecular weight is 532 g/mol. The molecule has 1 N–H and O–H groups in total. The first-order chi connectivity index (χ1) is 19.0. The van der Waals surface area contributed by atoms with Crippen LogP contribution in [0.5, 0.6) is 11.9 Å². The maximum absolute atomic E-state index is 12.5. The van der Waals surface area contributed by atoms with Gasteiger partial charge in [0.2, 0.25) is 11.8 Å². The number of aliphatic hydroxyl groups is 1. The van der Waals surface area contributed by atoms with Gasteiger partial charge in [-0.05, 0) is 18.1 Å². The second-order valence-corrected chi connectivity index (χ2v) is 10.2. The molecule has 206 valence electrons. The summed E-state index contributed by atoms with van der Waals surface area (Å²) in [6.07, 6.45) is 0. The first-order valence-electron chi connectivity index (χ1n) is 13.4. The van der Waals surface area contributed by atoms with Gasteiger partial charge in [-0.15, -0.1) is 0 Å². The summed E-state index contributed by atoms with van der Waals surface area (Å²) in [5.74, 6) is 0.446. The van der Waals surface area contributed by atoms with Crippen molar-refractivity contribution in [2.24, 2.45) is 0 Å². The van der Waals surface area contributed by atoms with Crippen LogP contribution in [-0.2, 0) is 11.3 Å². The number of hydrogen-bond acceptors (Lipinski definition) is 8. The number of fused-ring (bicyclic) bond motifs is 1. The lowest BCUT2D eigenvalue weighted by atomic mass is 9.81. The highest BCUT2D eigenvalue weighted by Gasteiger charge is 2.43. The Kier molecular flexibility index (Phi) is 8.40. The van der Waals surface area contributed by atoms with E-state index in [9.17, 15) is 9.90 Å². The fourth-order valence-electron chi connectivity index (χ4n) is 6.13. The van der Waals surface area contributed by atoms with E-state index in [0.29, 0.717) is 25.5 Å². The molecule has 5 rings (SSSR count). The lowest BCUT2D eigenvalue weighted by Crippen LogP contribution is -2.67. The molecule has 2 aromatic carbocycles. The third kappa shape index (κ3) is 5.75. The Balaban J connectivity index is 1.53. The Morgan fingerprint density at radius 3 is 2.21 bits per heavy atom. The van der Waals surface area contributed by atoms with Crippen molar-refractivity contribution in [2.45, 2.75) is 31.5 Å². The Morgan fingerprint density at radius 1 is 0.949 bits per heavy atom. The van der Waals surface area contributed by atoms with Crippen LogP contribution in [0.3, 0.4) is 0 Å². The van der Waals surface area contributed by atoms with E-state index in [1.165, 1.54) is 11.1 Å². The van der Waals surface area contributed by atoms with Gasteiger partial charge in [-0.2, -0.15) is 9.97 Å². The van der Waals surface area contributed by atoms with Gasteiger partial charge in [-0.1, -0.05) is 60.7 Å². The van der Waals surface area contributed by atoms with Crippen LogP contribution in [0.4, 0.5) is 0 Å². The van der Waals surface area contributed by atoms with Crippen molar-refractivity contribution in [1.82, 2.24) is 24.7 Å². The lowest BCUT2D eigenvalue weighted by molar-refractivity contribution is -0.139. The highest BCUT2D eigenvalue weighted by atomic mass is 16.5. The van der Waals surface area contributed by atoms with Crippen molar-refractivity contribution in [1.29, 1.82) is 0 Å². The zero-order valence-corrected chi connectivity index (χ0v) is 22.9. The van der Waals surface area contributed by atoms with E-state index in [1.54, 1.807) is 19.1 Å². The van der Waals surface area contributed by atoms with Gasteiger partial charge in [0.05, 0.1) is 19.9 Å². The number of nitrogens with zero attached hydrogens (tertiary/aromatic N) is 5. The summed E-state index contributed by atoms with van der Waals surface area (Å²) in [4.78, 5) is 28.2. The largest absolute Gasteiger partial charge is 0.481 e. The number of rotatable bonds is 8. The summed E-state index contributed by atoms with van der Waals surface area (Å²) in [5, 5.41) is 9.55. The first kappa shape index (κ1) is 27.1. The van der Waals surface area contributed by atoms with Crippen LogP contribution in [0.15, 0.2) is 60.7 Å². The molecular weight excluding hydrogens is 494 g/mol. The maximum atomic E-state index is 12.5. The second kappa shape index (κ2) is 12.1. The third-order valence-electron chi connectivity index (χ3n) is 7.97. The molecule has 0 aliphatic carbocycles. The zero-order valence-electron chi connectivity index (χ0n) is 22.9. The van der Waals surface area contributed by atoms with Gasteiger partial charge in [0.25, 0.3) is 0 Å². The molecule has 2 aliphatic rings. The monoisotopic (exact) mass is 531 g/mol. The molecule has 39 heavy (non-hydrogen) atoms. The molecule has 2 atom stereocenters. The van der Waals surface area contributed by atoms with Crippen LogP contribution < -0.4 is 9.47 Å². The second-order valence-electron chi connectivity index (χ2n) is 10.2. The lowest BCUT2D eigenvalue weighted by Gasteiger charge is -2.53. The van der Waals surface area contributed by atoms with Gasteiger partial charge in [0.15, 0.2) is 0 Å². The summed E-state index contributed by atoms with van der Waals surface area (Å²) in [6.45, 7) is 5.66. The quantitative estimate of drug-likeness (QED) is 0.474. The predicted molar refractivity (Wildman–Crippen MR) is 148 cm³/mol. The molecule has 3 heterocycles. The average Bonchev–Trinajstić information content (AvgIpc) is 2.98. The molecule has 3 aromatic rings. The molecule has 1 amide bonds. The minimum Gasteiger partial charge on any atom is -0.481 e. The molecule has 0 radical (unpaired) electrons. The molecule has 0 bridgehead atoms. The predicted octanol–water partition coefficient (Wildman–Crippen LogP) is 2.32. The molecule has 0 spiro atoms. The number of aryl methyl sites for hydroxylation is 1. The van der Waals surface area contributed by atoms with E-state index in [0.717, 1.165) is 30.9 Å². The summed E-state index contributed by atoms with van der Waals surface area (Å²) in [5.41, 5.74) is 4.29. The van der Waals surface area contributed by atoms with Crippen molar-refractivity contribution in [2.75, 3.05) is 53.6 Å².